The highest BCUT2D eigenvalue weighted by Gasteiger charge is 2.08. The molecule has 4 N–H and O–H groups in total. The van der Waals surface area contributed by atoms with Crippen LogP contribution in [0.2, 0.25) is 0 Å². The second-order valence-corrected chi connectivity index (χ2v) is 7.85. The van der Waals surface area contributed by atoms with E-state index in [0.717, 1.165) is 18.5 Å². The standard InChI is InChI=1S/C19H26N4O2S.HI/c1-14-9-15(2)11-16(10-14)7-8-22-19(21-3)23-13-17-5-4-6-18(12-17)26(20,24)25;/h4-6,9-12H,7-8,13H2,1-3H3,(H2,20,24,25)(H2,21,22,23);1H. The molecule has 2 aromatic rings. The largest absolute Gasteiger partial charge is 0.356 e. The summed E-state index contributed by atoms with van der Waals surface area (Å²) in [6.07, 6.45) is 0.893. The number of rotatable bonds is 6. The van der Waals surface area contributed by atoms with Gasteiger partial charge in [-0.3, -0.25) is 4.99 Å². The Morgan fingerprint density at radius 1 is 1.04 bits per heavy atom. The molecule has 27 heavy (non-hydrogen) atoms. The highest BCUT2D eigenvalue weighted by molar-refractivity contribution is 14.0. The van der Waals surface area contributed by atoms with E-state index in [4.69, 9.17) is 5.14 Å². The minimum atomic E-state index is -3.70. The number of aryl methyl sites for hydroxylation is 2. The van der Waals surface area contributed by atoms with Crippen molar-refractivity contribution in [3.63, 3.8) is 0 Å². The van der Waals surface area contributed by atoms with Gasteiger partial charge in [-0.2, -0.15) is 0 Å². The Kier molecular flexibility index (Phi) is 9.20. The first-order valence-corrected chi connectivity index (χ1v) is 9.96. The molecule has 0 fully saturated rings. The van der Waals surface area contributed by atoms with Crippen molar-refractivity contribution < 1.29 is 8.42 Å². The Balaban J connectivity index is 0.00000364. The summed E-state index contributed by atoms with van der Waals surface area (Å²) in [7, 11) is -1.99. The lowest BCUT2D eigenvalue weighted by Gasteiger charge is -2.13. The van der Waals surface area contributed by atoms with Gasteiger partial charge < -0.3 is 10.6 Å². The first-order valence-electron chi connectivity index (χ1n) is 8.41. The van der Waals surface area contributed by atoms with Crippen LogP contribution in [0.4, 0.5) is 0 Å². The van der Waals surface area contributed by atoms with E-state index in [-0.39, 0.29) is 28.9 Å². The van der Waals surface area contributed by atoms with E-state index in [0.29, 0.717) is 12.5 Å². The number of nitrogens with one attached hydrogen (secondary N) is 2. The van der Waals surface area contributed by atoms with Gasteiger partial charge in [0.15, 0.2) is 5.96 Å². The maximum absolute atomic E-state index is 11.4. The summed E-state index contributed by atoms with van der Waals surface area (Å²) in [4.78, 5) is 4.30. The molecular weight excluding hydrogens is 475 g/mol. The molecule has 6 nitrogen and oxygen atoms in total. The molecule has 8 heteroatoms. The topological polar surface area (TPSA) is 96.6 Å². The van der Waals surface area contributed by atoms with E-state index in [1.54, 1.807) is 19.2 Å². The van der Waals surface area contributed by atoms with Crippen LogP contribution in [-0.2, 0) is 23.0 Å². The molecule has 2 aromatic carbocycles. The second-order valence-electron chi connectivity index (χ2n) is 6.29. The lowest BCUT2D eigenvalue weighted by molar-refractivity contribution is 0.597. The third kappa shape index (κ3) is 7.86. The maximum Gasteiger partial charge on any atom is 0.238 e. The Morgan fingerprint density at radius 2 is 1.70 bits per heavy atom. The summed E-state index contributed by atoms with van der Waals surface area (Å²) in [6, 6.07) is 13.1. The highest BCUT2D eigenvalue weighted by atomic mass is 127. The zero-order valence-electron chi connectivity index (χ0n) is 15.8. The zero-order valence-corrected chi connectivity index (χ0v) is 19.0. The second kappa shape index (κ2) is 10.6. The number of hydrogen-bond acceptors (Lipinski definition) is 3. The normalized spacial score (nSPS) is 11.6. The fourth-order valence-corrected chi connectivity index (χ4v) is 3.36. The van der Waals surface area contributed by atoms with Crippen LogP contribution in [0, 0.1) is 13.8 Å². The van der Waals surface area contributed by atoms with Gasteiger partial charge >= 0.3 is 0 Å². The molecule has 148 valence electrons. The summed E-state index contributed by atoms with van der Waals surface area (Å²) in [5.41, 5.74) is 4.62. The van der Waals surface area contributed by atoms with Gasteiger partial charge in [-0.05, 0) is 43.5 Å². The maximum atomic E-state index is 11.4. The van der Waals surface area contributed by atoms with Crippen LogP contribution < -0.4 is 15.8 Å². The number of halogens is 1. The number of sulfonamides is 1. The number of primary sulfonamides is 1. The Labute approximate surface area is 178 Å². The van der Waals surface area contributed by atoms with E-state index in [1.807, 2.05) is 6.07 Å². The van der Waals surface area contributed by atoms with Gasteiger partial charge in [-0.1, -0.05) is 41.5 Å². The quantitative estimate of drug-likeness (QED) is 0.321. The third-order valence-electron chi connectivity index (χ3n) is 3.90. The molecule has 0 atom stereocenters. The first-order chi connectivity index (χ1) is 12.3. The van der Waals surface area contributed by atoms with Crippen molar-refractivity contribution in [1.82, 2.24) is 10.6 Å². The van der Waals surface area contributed by atoms with Crippen LogP contribution in [-0.4, -0.2) is 28.0 Å². The van der Waals surface area contributed by atoms with E-state index in [9.17, 15) is 8.42 Å². The minimum Gasteiger partial charge on any atom is -0.356 e. The number of aliphatic imine (C=N–C) groups is 1. The van der Waals surface area contributed by atoms with Crippen molar-refractivity contribution in [2.24, 2.45) is 10.1 Å². The van der Waals surface area contributed by atoms with Gasteiger partial charge in [0.2, 0.25) is 10.0 Å². The van der Waals surface area contributed by atoms with Crippen LogP contribution in [0.25, 0.3) is 0 Å². The average Bonchev–Trinajstić information content (AvgIpc) is 2.56. The Morgan fingerprint density at radius 3 is 2.30 bits per heavy atom. The van der Waals surface area contributed by atoms with E-state index in [2.05, 4.69) is 47.7 Å². The van der Waals surface area contributed by atoms with Gasteiger partial charge in [0.05, 0.1) is 4.90 Å². The average molecular weight is 502 g/mol. The van der Waals surface area contributed by atoms with Crippen molar-refractivity contribution in [3.8, 4) is 0 Å². The molecule has 0 bridgehead atoms. The molecule has 0 radical (unpaired) electrons. The Bertz CT molecular complexity index is 878. The molecule has 0 saturated heterocycles. The lowest BCUT2D eigenvalue weighted by Crippen LogP contribution is -2.37. The van der Waals surface area contributed by atoms with Gasteiger partial charge in [0.25, 0.3) is 0 Å². The molecule has 0 aliphatic carbocycles. The molecule has 0 amide bonds. The molecular formula is C19H27IN4O2S. The van der Waals surface area contributed by atoms with Crippen molar-refractivity contribution in [1.29, 1.82) is 0 Å². The fraction of sp³-hybridized carbons (Fsp3) is 0.316. The molecule has 0 aliphatic rings. The van der Waals surface area contributed by atoms with Gasteiger partial charge in [-0.15, -0.1) is 24.0 Å². The van der Waals surface area contributed by atoms with Crippen LogP contribution >= 0.6 is 24.0 Å². The molecule has 0 heterocycles. The van der Waals surface area contributed by atoms with Crippen molar-refractivity contribution >= 4 is 40.0 Å². The van der Waals surface area contributed by atoms with E-state index in [1.165, 1.54) is 22.8 Å². The van der Waals surface area contributed by atoms with Gasteiger partial charge in [-0.25, -0.2) is 13.6 Å². The fourth-order valence-electron chi connectivity index (χ4n) is 2.78. The molecule has 0 unspecified atom stereocenters. The molecule has 2 rings (SSSR count). The van der Waals surface area contributed by atoms with Crippen LogP contribution in [0.5, 0.6) is 0 Å². The molecule has 0 saturated carbocycles. The summed E-state index contributed by atoms with van der Waals surface area (Å²) in [5.74, 6) is 0.662. The van der Waals surface area contributed by atoms with E-state index >= 15 is 0 Å². The number of benzene rings is 2. The zero-order chi connectivity index (χ0) is 19.2. The number of hydrogen-bond donors (Lipinski definition) is 3. The summed E-state index contributed by atoms with van der Waals surface area (Å²) < 4.78 is 22.8. The SMILES string of the molecule is CN=C(NCCc1cc(C)cc(C)c1)NCc1cccc(S(N)(=O)=O)c1.I. The van der Waals surface area contributed by atoms with Crippen molar-refractivity contribution in [2.45, 2.75) is 31.7 Å². The van der Waals surface area contributed by atoms with Crippen LogP contribution in [0.15, 0.2) is 52.4 Å². The molecule has 0 spiro atoms. The third-order valence-corrected chi connectivity index (χ3v) is 4.81. The number of nitrogens with zero attached hydrogens (tertiary/aromatic N) is 1. The molecule has 0 aliphatic heterocycles. The predicted octanol–water partition coefficient (Wildman–Crippen LogP) is 2.48. The number of nitrogens with two attached hydrogens (primary N) is 1. The smallest absolute Gasteiger partial charge is 0.238 e. The predicted molar refractivity (Wildman–Crippen MR) is 121 cm³/mol. The monoisotopic (exact) mass is 502 g/mol. The van der Waals surface area contributed by atoms with Crippen LogP contribution in [0.1, 0.15) is 22.3 Å². The van der Waals surface area contributed by atoms with Gasteiger partial charge in [0.1, 0.15) is 0 Å². The minimum absolute atomic E-state index is 0. The summed E-state index contributed by atoms with van der Waals surface area (Å²) >= 11 is 0. The van der Waals surface area contributed by atoms with E-state index < -0.39 is 10.0 Å². The van der Waals surface area contributed by atoms with Crippen molar-refractivity contribution in [3.05, 3.63) is 64.7 Å². The summed E-state index contributed by atoms with van der Waals surface area (Å²) in [5, 5.41) is 11.6. The Hall–Kier alpha value is -1.65. The number of guanidine groups is 1. The lowest BCUT2D eigenvalue weighted by atomic mass is 10.1. The molecule has 0 aromatic heterocycles. The van der Waals surface area contributed by atoms with Crippen LogP contribution in [0.3, 0.4) is 0 Å². The van der Waals surface area contributed by atoms with Crippen molar-refractivity contribution in [2.75, 3.05) is 13.6 Å². The highest BCUT2D eigenvalue weighted by Crippen LogP contribution is 2.10. The summed E-state index contributed by atoms with van der Waals surface area (Å²) in [6.45, 7) is 5.40. The van der Waals surface area contributed by atoms with Gasteiger partial charge in [0, 0.05) is 20.1 Å². The first kappa shape index (κ1) is 23.4.